The highest BCUT2D eigenvalue weighted by molar-refractivity contribution is 5.69. The van der Waals surface area contributed by atoms with Crippen molar-refractivity contribution in [3.05, 3.63) is 48.6 Å². The van der Waals surface area contributed by atoms with Crippen LogP contribution >= 0.6 is 0 Å². The van der Waals surface area contributed by atoms with E-state index in [1.54, 1.807) is 0 Å². The fourth-order valence-corrected chi connectivity index (χ4v) is 5.37. The molecule has 2 atom stereocenters. The van der Waals surface area contributed by atoms with Gasteiger partial charge in [-0.1, -0.05) is 55.7 Å². The van der Waals surface area contributed by atoms with E-state index in [0.29, 0.717) is 12.0 Å². The summed E-state index contributed by atoms with van der Waals surface area (Å²) < 4.78 is 5.72. The van der Waals surface area contributed by atoms with E-state index in [4.69, 9.17) is 4.74 Å². The van der Waals surface area contributed by atoms with Crippen LogP contribution < -0.4 is 0 Å². The monoisotopic (exact) mass is 411 g/mol. The van der Waals surface area contributed by atoms with Gasteiger partial charge in [0, 0.05) is 45.3 Å². The summed E-state index contributed by atoms with van der Waals surface area (Å²) in [6.07, 6.45) is 9.45. The molecule has 164 valence electrons. The Morgan fingerprint density at radius 1 is 1.03 bits per heavy atom. The first kappa shape index (κ1) is 21.4. The van der Waals surface area contributed by atoms with E-state index >= 15 is 0 Å². The molecule has 1 amide bonds. The summed E-state index contributed by atoms with van der Waals surface area (Å²) in [4.78, 5) is 19.3. The summed E-state index contributed by atoms with van der Waals surface area (Å²) in [5.41, 5.74) is 1.37. The molecule has 0 N–H and O–H groups in total. The van der Waals surface area contributed by atoms with E-state index in [-0.39, 0.29) is 12.2 Å². The summed E-state index contributed by atoms with van der Waals surface area (Å²) in [7, 11) is 0. The van der Waals surface area contributed by atoms with Crippen LogP contribution in [0.25, 0.3) is 0 Å². The fourth-order valence-electron chi connectivity index (χ4n) is 5.37. The molecule has 30 heavy (non-hydrogen) atoms. The number of hydrogen-bond acceptors (Lipinski definition) is 4. The van der Waals surface area contributed by atoms with Gasteiger partial charge in [0.15, 0.2) is 0 Å². The maximum absolute atomic E-state index is 12.3. The van der Waals surface area contributed by atoms with Crippen molar-refractivity contribution in [3.8, 4) is 0 Å². The predicted octanol–water partition coefficient (Wildman–Crippen LogP) is 4.32. The number of hydrogen-bond donors (Lipinski definition) is 0. The van der Waals surface area contributed by atoms with Gasteiger partial charge in [-0.2, -0.15) is 0 Å². The smallest absolute Gasteiger partial charge is 0.410 e. The maximum Gasteiger partial charge on any atom is 0.410 e. The second-order valence-corrected chi connectivity index (χ2v) is 9.20. The molecule has 5 nitrogen and oxygen atoms in total. The van der Waals surface area contributed by atoms with Crippen LogP contribution in [0.15, 0.2) is 43.0 Å². The quantitative estimate of drug-likeness (QED) is 0.597. The molecule has 4 rings (SSSR count). The van der Waals surface area contributed by atoms with Crippen LogP contribution in [0.3, 0.4) is 0 Å². The van der Waals surface area contributed by atoms with E-state index in [0.717, 1.165) is 52.2 Å². The highest BCUT2D eigenvalue weighted by Gasteiger charge is 2.35. The van der Waals surface area contributed by atoms with Gasteiger partial charge in [0.1, 0.15) is 6.10 Å². The molecular formula is C25H37N3O2. The lowest BCUT2D eigenvalue weighted by Gasteiger charge is -2.39. The van der Waals surface area contributed by atoms with Gasteiger partial charge in [-0.25, -0.2) is 4.79 Å². The normalized spacial score (nSPS) is 25.3. The number of nitrogens with zero attached hydrogens (tertiary/aromatic N) is 3. The van der Waals surface area contributed by atoms with E-state index in [1.807, 2.05) is 11.0 Å². The molecule has 3 fully saturated rings. The number of piperazine rings is 1. The fraction of sp³-hybridized carbons (Fsp3) is 0.640. The zero-order valence-corrected chi connectivity index (χ0v) is 18.3. The number of carbonyl (C=O) groups excluding carboxylic acids is 1. The first-order valence-corrected chi connectivity index (χ1v) is 11.8. The lowest BCUT2D eigenvalue weighted by atomic mass is 9.89. The summed E-state index contributed by atoms with van der Waals surface area (Å²) in [5.74, 6) is 0.674. The Morgan fingerprint density at radius 3 is 2.47 bits per heavy atom. The molecule has 2 saturated heterocycles. The number of amides is 1. The number of carbonyl (C=O) groups is 1. The molecule has 1 aromatic carbocycles. The number of rotatable bonds is 8. The summed E-state index contributed by atoms with van der Waals surface area (Å²) >= 11 is 0. The predicted molar refractivity (Wildman–Crippen MR) is 120 cm³/mol. The van der Waals surface area contributed by atoms with E-state index in [2.05, 4.69) is 46.7 Å². The third-order valence-electron chi connectivity index (χ3n) is 7.04. The van der Waals surface area contributed by atoms with Gasteiger partial charge >= 0.3 is 6.09 Å². The van der Waals surface area contributed by atoms with Crippen molar-refractivity contribution in [2.75, 3.05) is 45.8 Å². The minimum Gasteiger partial charge on any atom is -0.443 e. The zero-order chi connectivity index (χ0) is 20.8. The summed E-state index contributed by atoms with van der Waals surface area (Å²) in [6.45, 7) is 10.6. The van der Waals surface area contributed by atoms with Gasteiger partial charge in [-0.05, 0) is 30.7 Å². The van der Waals surface area contributed by atoms with Gasteiger partial charge in [-0.3, -0.25) is 9.80 Å². The Labute approximate surface area is 181 Å². The van der Waals surface area contributed by atoms with Crippen molar-refractivity contribution < 1.29 is 9.53 Å². The zero-order valence-electron chi connectivity index (χ0n) is 18.3. The number of ether oxygens (including phenoxy) is 1. The Bertz CT molecular complexity index is 681. The maximum atomic E-state index is 12.3. The summed E-state index contributed by atoms with van der Waals surface area (Å²) in [6, 6.07) is 11.2. The van der Waals surface area contributed by atoms with Crippen molar-refractivity contribution in [1.82, 2.24) is 14.7 Å². The molecule has 0 aromatic heterocycles. The Hall–Kier alpha value is -1.85. The average Bonchev–Trinajstić information content (AvgIpc) is 3.12. The van der Waals surface area contributed by atoms with Gasteiger partial charge < -0.3 is 9.64 Å². The largest absolute Gasteiger partial charge is 0.443 e. The lowest BCUT2D eigenvalue weighted by Crippen LogP contribution is -2.49. The Balaban J connectivity index is 1.24. The van der Waals surface area contributed by atoms with Crippen molar-refractivity contribution in [2.24, 2.45) is 5.92 Å². The minimum atomic E-state index is -0.0978. The third-order valence-corrected chi connectivity index (χ3v) is 7.04. The third kappa shape index (κ3) is 5.44. The van der Waals surface area contributed by atoms with E-state index < -0.39 is 0 Å². The lowest BCUT2D eigenvalue weighted by molar-refractivity contribution is 0.0609. The highest BCUT2D eigenvalue weighted by Crippen LogP contribution is 2.28. The molecule has 2 unspecified atom stereocenters. The molecule has 0 radical (unpaired) electrons. The van der Waals surface area contributed by atoms with Crippen LogP contribution in [0.4, 0.5) is 4.79 Å². The van der Waals surface area contributed by atoms with E-state index in [9.17, 15) is 4.79 Å². The van der Waals surface area contributed by atoms with Gasteiger partial charge in [-0.15, -0.1) is 6.58 Å². The van der Waals surface area contributed by atoms with Crippen molar-refractivity contribution >= 4 is 6.09 Å². The molecule has 2 aliphatic heterocycles. The van der Waals surface area contributed by atoms with Gasteiger partial charge in [0.25, 0.3) is 0 Å². The summed E-state index contributed by atoms with van der Waals surface area (Å²) in [5, 5.41) is 0. The topological polar surface area (TPSA) is 36.0 Å². The highest BCUT2D eigenvalue weighted by atomic mass is 16.6. The second-order valence-electron chi connectivity index (χ2n) is 9.20. The van der Waals surface area contributed by atoms with Crippen LogP contribution in [-0.4, -0.2) is 72.7 Å². The standard InChI is InChI=1S/C25H37N3O2/c1-2-9-24(22-12-7-4-8-13-22)27-16-14-26(15-17-27)19-23-20-28(25(29)30-23)18-21-10-5-3-6-11-21/h2,4,7-8,12-13,21,23-24H,1,3,5-6,9-11,14-20H2. The molecule has 2 heterocycles. The van der Waals surface area contributed by atoms with Crippen LogP contribution in [0.1, 0.15) is 50.1 Å². The van der Waals surface area contributed by atoms with Gasteiger partial charge in [0.2, 0.25) is 0 Å². The molecule has 0 spiro atoms. The molecule has 1 saturated carbocycles. The van der Waals surface area contributed by atoms with Crippen LogP contribution in [-0.2, 0) is 4.74 Å². The number of cyclic esters (lactones) is 1. The minimum absolute atomic E-state index is 0.0192. The SMILES string of the molecule is C=CCC(c1ccccc1)N1CCN(CC2CN(CC3CCCCC3)C(=O)O2)CC1. The second kappa shape index (κ2) is 10.5. The van der Waals surface area contributed by atoms with E-state index in [1.165, 1.54) is 37.7 Å². The van der Waals surface area contributed by atoms with Crippen LogP contribution in [0.2, 0.25) is 0 Å². The molecular weight excluding hydrogens is 374 g/mol. The molecule has 0 bridgehead atoms. The van der Waals surface area contributed by atoms with Crippen molar-refractivity contribution in [1.29, 1.82) is 0 Å². The molecule has 5 heteroatoms. The molecule has 1 aromatic rings. The van der Waals surface area contributed by atoms with Crippen molar-refractivity contribution in [2.45, 2.75) is 50.7 Å². The molecule has 3 aliphatic rings. The number of benzene rings is 1. The first-order chi connectivity index (χ1) is 14.7. The average molecular weight is 412 g/mol. The van der Waals surface area contributed by atoms with Crippen LogP contribution in [0.5, 0.6) is 0 Å². The molecule has 1 aliphatic carbocycles. The van der Waals surface area contributed by atoms with Gasteiger partial charge in [0.05, 0.1) is 6.54 Å². The van der Waals surface area contributed by atoms with Crippen molar-refractivity contribution in [3.63, 3.8) is 0 Å². The van der Waals surface area contributed by atoms with Crippen LogP contribution in [0, 0.1) is 5.92 Å². The Kier molecular flexibility index (Phi) is 7.45. The first-order valence-electron chi connectivity index (χ1n) is 11.8. The Morgan fingerprint density at radius 2 is 1.77 bits per heavy atom.